The van der Waals surface area contributed by atoms with Crippen molar-refractivity contribution in [3.05, 3.63) is 100 Å². The lowest BCUT2D eigenvalue weighted by Crippen LogP contribution is -2.49. The van der Waals surface area contributed by atoms with Gasteiger partial charge in [0.15, 0.2) is 11.6 Å². The summed E-state index contributed by atoms with van der Waals surface area (Å²) in [6, 6.07) is 14.0. The number of carbonyl (C=O) groups excluding carboxylic acids is 4. The van der Waals surface area contributed by atoms with Crippen molar-refractivity contribution in [3.63, 3.8) is 0 Å². The summed E-state index contributed by atoms with van der Waals surface area (Å²) >= 11 is 6.02. The van der Waals surface area contributed by atoms with Crippen LogP contribution in [0, 0.1) is 40.7 Å². The van der Waals surface area contributed by atoms with Crippen molar-refractivity contribution < 1.29 is 38.2 Å². The molecule has 3 aromatic carbocycles. The summed E-state index contributed by atoms with van der Waals surface area (Å²) < 4.78 is 28.9. The van der Waals surface area contributed by atoms with Crippen LogP contribution in [0.25, 0.3) is 0 Å². The van der Waals surface area contributed by atoms with Crippen LogP contribution in [0.1, 0.15) is 36.8 Å². The lowest BCUT2D eigenvalue weighted by Gasteiger charge is -2.49. The van der Waals surface area contributed by atoms with Gasteiger partial charge < -0.3 is 10.2 Å². The quantitative estimate of drug-likeness (QED) is 0.279. The predicted molar refractivity (Wildman–Crippen MR) is 163 cm³/mol. The highest BCUT2D eigenvalue weighted by Crippen LogP contribution is 2.64. The second-order valence-corrected chi connectivity index (χ2v) is 13.1. The van der Waals surface area contributed by atoms with E-state index in [1.807, 2.05) is 6.08 Å². The fourth-order valence-electron chi connectivity index (χ4n) is 8.18. The number of phenols is 2. The predicted octanol–water partition coefficient (Wildman–Crippen LogP) is 5.50. The number of aromatic hydroxyl groups is 2. The van der Waals surface area contributed by atoms with Crippen LogP contribution in [0.3, 0.4) is 0 Å². The zero-order valence-corrected chi connectivity index (χ0v) is 25.4. The third kappa shape index (κ3) is 4.30. The second-order valence-electron chi connectivity index (χ2n) is 12.7. The molecule has 236 valence electrons. The smallest absolute Gasteiger partial charge is 0.241 e. The van der Waals surface area contributed by atoms with Gasteiger partial charge in [-0.2, -0.15) is 0 Å². The van der Waals surface area contributed by atoms with Crippen molar-refractivity contribution >= 4 is 40.9 Å². The highest BCUT2D eigenvalue weighted by molar-refractivity contribution is 6.31. The number of hydrogen-bond acceptors (Lipinski definition) is 6. The zero-order valence-electron chi connectivity index (χ0n) is 24.6. The van der Waals surface area contributed by atoms with Gasteiger partial charge in [-0.05, 0) is 74.1 Å². The fraction of sp³-hybridized carbons (Fsp3) is 0.314. The monoisotopic (exact) mass is 646 g/mol. The van der Waals surface area contributed by atoms with Gasteiger partial charge in [-0.25, -0.2) is 13.7 Å². The average Bonchev–Trinajstić information content (AvgIpc) is 3.39. The number of imide groups is 2. The minimum Gasteiger partial charge on any atom is -0.508 e. The maximum absolute atomic E-state index is 14.8. The van der Waals surface area contributed by atoms with Crippen LogP contribution in [0.15, 0.2) is 72.3 Å². The van der Waals surface area contributed by atoms with Crippen molar-refractivity contribution in [2.45, 2.75) is 32.1 Å². The first-order valence-electron chi connectivity index (χ1n) is 15.1. The lowest BCUT2D eigenvalue weighted by atomic mass is 9.51. The van der Waals surface area contributed by atoms with E-state index >= 15 is 0 Å². The molecular formula is C35H29ClF2N2O6. The van der Waals surface area contributed by atoms with Crippen molar-refractivity contribution in [2.24, 2.45) is 29.1 Å². The normalized spacial score (nSPS) is 28.7. The number of likely N-dealkylation sites (tertiary alicyclic amines) is 1. The number of carbonyl (C=O) groups is 4. The Hall–Kier alpha value is -4.57. The number of phenolic OH excluding ortho intramolecular Hbond substituents is 2. The Labute approximate surface area is 267 Å². The Morgan fingerprint density at radius 2 is 1.65 bits per heavy atom. The van der Waals surface area contributed by atoms with Crippen LogP contribution in [0.2, 0.25) is 5.02 Å². The standard InChI is InChI=1S/C35H29ClF2N2O6/c1-35-24(32(44)40(34(35)46)18-7-12-26(37)25(36)15-18)16-23-20(29(35)22-3-2-4-27(38)30(22)42)10-11-21-28(23)33(45)39(31(21)43)14-13-17-5-8-19(41)9-6-17/h2-10,12,15,21,23-24,28-29,41-42H,11,13-14,16H2,1H3. The molecule has 4 aliphatic rings. The molecule has 2 saturated heterocycles. The van der Waals surface area contributed by atoms with E-state index < -0.39 is 64.2 Å². The number of anilines is 1. The summed E-state index contributed by atoms with van der Waals surface area (Å²) in [5.74, 6) is -8.24. The van der Waals surface area contributed by atoms with Gasteiger partial charge in [0.05, 0.1) is 33.9 Å². The Balaban J connectivity index is 1.30. The molecule has 8 nitrogen and oxygen atoms in total. The van der Waals surface area contributed by atoms with Crippen molar-refractivity contribution in [1.29, 1.82) is 0 Å². The van der Waals surface area contributed by atoms with E-state index in [4.69, 9.17) is 11.6 Å². The number of hydrogen-bond donors (Lipinski definition) is 2. The molecule has 1 saturated carbocycles. The van der Waals surface area contributed by atoms with Gasteiger partial charge in [-0.3, -0.25) is 24.1 Å². The van der Waals surface area contributed by atoms with Gasteiger partial charge in [-0.1, -0.05) is 47.5 Å². The molecule has 3 fully saturated rings. The molecule has 11 heteroatoms. The van der Waals surface area contributed by atoms with E-state index in [1.54, 1.807) is 19.1 Å². The molecule has 7 rings (SSSR count). The summed E-state index contributed by atoms with van der Waals surface area (Å²) in [5.41, 5.74) is 0.0909. The van der Waals surface area contributed by atoms with Gasteiger partial charge >= 0.3 is 0 Å². The molecule has 2 aliphatic carbocycles. The Morgan fingerprint density at radius 1 is 0.913 bits per heavy atom. The topological polar surface area (TPSA) is 115 Å². The van der Waals surface area contributed by atoms with Gasteiger partial charge in [0.25, 0.3) is 0 Å². The number of amides is 4. The molecule has 2 aliphatic heterocycles. The third-order valence-corrected chi connectivity index (χ3v) is 10.7. The summed E-state index contributed by atoms with van der Waals surface area (Å²) in [6.07, 6.45) is 2.46. The third-order valence-electron chi connectivity index (χ3n) is 10.4. The Bertz CT molecular complexity index is 1860. The minimum atomic E-state index is -1.51. The number of rotatable bonds is 5. The summed E-state index contributed by atoms with van der Waals surface area (Å²) in [7, 11) is 0. The maximum Gasteiger partial charge on any atom is 0.241 e. The molecule has 3 aromatic rings. The van der Waals surface area contributed by atoms with E-state index in [1.165, 1.54) is 41.3 Å². The molecule has 6 atom stereocenters. The molecule has 0 aromatic heterocycles. The Kier molecular flexibility index (Phi) is 7.04. The van der Waals surface area contributed by atoms with E-state index in [2.05, 4.69) is 0 Å². The first-order chi connectivity index (χ1) is 21.9. The van der Waals surface area contributed by atoms with Crippen LogP contribution >= 0.6 is 11.6 Å². The summed E-state index contributed by atoms with van der Waals surface area (Å²) in [6.45, 7) is 1.73. The van der Waals surface area contributed by atoms with E-state index in [9.17, 15) is 38.2 Å². The molecule has 2 N–H and O–H groups in total. The largest absolute Gasteiger partial charge is 0.508 e. The fourth-order valence-corrected chi connectivity index (χ4v) is 8.36. The minimum absolute atomic E-state index is 0.0664. The van der Waals surface area contributed by atoms with E-state index in [0.29, 0.717) is 12.0 Å². The molecule has 4 amide bonds. The Morgan fingerprint density at radius 3 is 2.37 bits per heavy atom. The molecule has 0 spiro atoms. The molecule has 0 radical (unpaired) electrons. The maximum atomic E-state index is 14.8. The molecule has 0 bridgehead atoms. The van der Waals surface area contributed by atoms with Crippen molar-refractivity contribution in [1.82, 2.24) is 4.90 Å². The number of halogens is 3. The number of allylic oxidation sites excluding steroid dienone is 2. The highest BCUT2D eigenvalue weighted by Gasteiger charge is 2.68. The SMILES string of the molecule is CC12C(=O)N(c3ccc(F)c(Cl)c3)C(=O)C1CC1C(=CCC3C(=O)N(CCc4ccc(O)cc4)C(=O)C31)C2c1cccc(F)c1O. The van der Waals surface area contributed by atoms with Crippen molar-refractivity contribution in [2.75, 3.05) is 11.4 Å². The number of nitrogens with zero attached hydrogens (tertiary/aromatic N) is 2. The molecular weight excluding hydrogens is 618 g/mol. The first kappa shape index (κ1) is 30.1. The molecule has 46 heavy (non-hydrogen) atoms. The van der Waals surface area contributed by atoms with Gasteiger partial charge in [-0.15, -0.1) is 0 Å². The average molecular weight is 647 g/mol. The van der Waals surface area contributed by atoms with Crippen LogP contribution in [0.4, 0.5) is 14.5 Å². The van der Waals surface area contributed by atoms with Gasteiger partial charge in [0.2, 0.25) is 23.6 Å². The van der Waals surface area contributed by atoms with Gasteiger partial charge in [0.1, 0.15) is 11.6 Å². The number of fused-ring (bicyclic) bond motifs is 4. The van der Waals surface area contributed by atoms with Crippen LogP contribution in [-0.2, 0) is 25.6 Å². The van der Waals surface area contributed by atoms with E-state index in [-0.39, 0.29) is 53.2 Å². The summed E-state index contributed by atoms with van der Waals surface area (Å²) in [5, 5.41) is 20.3. The van der Waals surface area contributed by atoms with Gasteiger partial charge in [0, 0.05) is 18.0 Å². The van der Waals surface area contributed by atoms with E-state index in [0.717, 1.165) is 22.6 Å². The highest BCUT2D eigenvalue weighted by atomic mass is 35.5. The molecule has 6 unspecified atom stereocenters. The number of benzene rings is 3. The first-order valence-corrected chi connectivity index (χ1v) is 15.4. The summed E-state index contributed by atoms with van der Waals surface area (Å²) in [4.78, 5) is 58.4. The van der Waals surface area contributed by atoms with Crippen LogP contribution in [-0.4, -0.2) is 45.3 Å². The second kappa shape index (κ2) is 10.8. The lowest BCUT2D eigenvalue weighted by molar-refractivity contribution is -0.140. The zero-order chi connectivity index (χ0) is 32.7. The number of para-hydroxylation sites is 1. The molecule has 2 heterocycles. The van der Waals surface area contributed by atoms with Crippen molar-refractivity contribution in [3.8, 4) is 11.5 Å². The van der Waals surface area contributed by atoms with Crippen LogP contribution < -0.4 is 4.90 Å². The van der Waals surface area contributed by atoms with Crippen LogP contribution in [0.5, 0.6) is 11.5 Å².